The summed E-state index contributed by atoms with van der Waals surface area (Å²) in [7, 11) is 0.597. The SMILES string of the molecule is CCOP(=O)(O)CC(=O)c1cccc(C(OC)(OC)c2ccc(OC)cc2)c1. The standard InChI is InChI=1S/C20H25O7P/c1-5-27-28(22,23)14-19(21)15-7-6-8-17(13-15)20(25-3,26-4)16-9-11-18(24-2)12-10-16/h6-13H,5,14H2,1-4H3,(H,22,23). The maximum atomic E-state index is 12.5. The fourth-order valence-corrected chi connectivity index (χ4v) is 3.99. The Morgan fingerprint density at radius 3 is 2.21 bits per heavy atom. The average molecular weight is 408 g/mol. The van der Waals surface area contributed by atoms with E-state index in [4.69, 9.17) is 18.7 Å². The first-order valence-electron chi connectivity index (χ1n) is 8.66. The van der Waals surface area contributed by atoms with Crippen LogP contribution in [-0.4, -0.2) is 44.8 Å². The van der Waals surface area contributed by atoms with E-state index in [-0.39, 0.29) is 12.2 Å². The van der Waals surface area contributed by atoms with Gasteiger partial charge in [-0.1, -0.05) is 18.2 Å². The van der Waals surface area contributed by atoms with Gasteiger partial charge in [0.15, 0.2) is 5.78 Å². The second kappa shape index (κ2) is 9.45. The van der Waals surface area contributed by atoms with Gasteiger partial charge in [-0.05, 0) is 37.3 Å². The molecule has 2 aromatic carbocycles. The number of hydrogen-bond acceptors (Lipinski definition) is 6. The van der Waals surface area contributed by atoms with Crippen LogP contribution in [0.4, 0.5) is 0 Å². The number of ketones is 1. The summed E-state index contributed by atoms with van der Waals surface area (Å²) in [6.45, 7) is 1.64. The normalized spacial score (nSPS) is 13.8. The lowest BCUT2D eigenvalue weighted by Gasteiger charge is -2.32. The van der Waals surface area contributed by atoms with Gasteiger partial charge in [0.2, 0.25) is 5.79 Å². The van der Waals surface area contributed by atoms with Gasteiger partial charge in [0.1, 0.15) is 11.9 Å². The van der Waals surface area contributed by atoms with Crippen molar-refractivity contribution < 1.29 is 33.0 Å². The molecule has 1 unspecified atom stereocenters. The highest BCUT2D eigenvalue weighted by Crippen LogP contribution is 2.42. The highest BCUT2D eigenvalue weighted by molar-refractivity contribution is 7.53. The third-order valence-electron chi connectivity index (χ3n) is 4.28. The fourth-order valence-electron chi connectivity index (χ4n) is 2.95. The lowest BCUT2D eigenvalue weighted by Crippen LogP contribution is -2.32. The van der Waals surface area contributed by atoms with Gasteiger partial charge in [-0.15, -0.1) is 0 Å². The van der Waals surface area contributed by atoms with E-state index in [1.807, 2.05) is 0 Å². The van der Waals surface area contributed by atoms with E-state index in [2.05, 4.69) is 0 Å². The number of benzene rings is 2. The fraction of sp³-hybridized carbons (Fsp3) is 0.350. The summed E-state index contributed by atoms with van der Waals surface area (Å²) in [5, 5.41) is 0. The largest absolute Gasteiger partial charge is 0.497 e. The van der Waals surface area contributed by atoms with Crippen molar-refractivity contribution in [2.24, 2.45) is 0 Å². The predicted molar refractivity (Wildman–Crippen MR) is 105 cm³/mol. The number of hydrogen-bond donors (Lipinski definition) is 1. The zero-order valence-electron chi connectivity index (χ0n) is 16.4. The molecule has 7 nitrogen and oxygen atoms in total. The van der Waals surface area contributed by atoms with Crippen molar-refractivity contribution in [2.75, 3.05) is 34.1 Å². The van der Waals surface area contributed by atoms with Crippen molar-refractivity contribution in [2.45, 2.75) is 12.7 Å². The monoisotopic (exact) mass is 408 g/mol. The predicted octanol–water partition coefficient (Wildman–Crippen LogP) is 3.59. The molecule has 1 atom stereocenters. The molecule has 2 rings (SSSR count). The number of carbonyl (C=O) groups excluding carboxylic acids is 1. The summed E-state index contributed by atoms with van der Waals surface area (Å²) in [6.07, 6.45) is -0.597. The van der Waals surface area contributed by atoms with Gasteiger partial charge in [0.05, 0.1) is 13.7 Å². The van der Waals surface area contributed by atoms with Crippen LogP contribution in [-0.2, 0) is 24.3 Å². The first kappa shape index (κ1) is 22.3. The molecule has 152 valence electrons. The van der Waals surface area contributed by atoms with Crippen molar-refractivity contribution in [3.8, 4) is 5.75 Å². The summed E-state index contributed by atoms with van der Waals surface area (Å²) in [5.41, 5.74) is 1.53. The Morgan fingerprint density at radius 2 is 1.68 bits per heavy atom. The van der Waals surface area contributed by atoms with E-state index in [0.717, 1.165) is 0 Å². The summed E-state index contributed by atoms with van der Waals surface area (Å²) in [6, 6.07) is 13.8. The third kappa shape index (κ3) is 4.87. The summed E-state index contributed by atoms with van der Waals surface area (Å²) in [4.78, 5) is 22.2. The molecule has 0 saturated heterocycles. The molecule has 2 aromatic rings. The number of methoxy groups -OCH3 is 3. The average Bonchev–Trinajstić information content (AvgIpc) is 2.69. The Labute approximate surface area is 164 Å². The Balaban J connectivity index is 2.42. The second-order valence-electron chi connectivity index (χ2n) is 5.97. The molecule has 28 heavy (non-hydrogen) atoms. The second-order valence-corrected chi connectivity index (χ2v) is 7.82. The lowest BCUT2D eigenvalue weighted by molar-refractivity contribution is -0.183. The van der Waals surface area contributed by atoms with Crippen molar-refractivity contribution in [3.63, 3.8) is 0 Å². The summed E-state index contributed by atoms with van der Waals surface area (Å²) >= 11 is 0. The molecule has 0 fully saturated rings. The Morgan fingerprint density at radius 1 is 1.04 bits per heavy atom. The quantitative estimate of drug-likeness (QED) is 0.365. The molecule has 0 bridgehead atoms. The molecular formula is C20H25O7P. The molecule has 8 heteroatoms. The van der Waals surface area contributed by atoms with Crippen LogP contribution in [0.3, 0.4) is 0 Å². The topological polar surface area (TPSA) is 91.3 Å². The van der Waals surface area contributed by atoms with E-state index >= 15 is 0 Å². The van der Waals surface area contributed by atoms with E-state index in [0.29, 0.717) is 16.9 Å². The molecule has 0 radical (unpaired) electrons. The molecule has 0 aliphatic heterocycles. The molecule has 0 aliphatic carbocycles. The highest BCUT2D eigenvalue weighted by atomic mass is 31.2. The van der Waals surface area contributed by atoms with Crippen LogP contribution in [0.1, 0.15) is 28.4 Å². The van der Waals surface area contributed by atoms with E-state index in [9.17, 15) is 14.3 Å². The molecule has 0 amide bonds. The molecule has 0 aliphatic rings. The minimum atomic E-state index is -3.98. The van der Waals surface area contributed by atoms with Crippen LogP contribution < -0.4 is 4.74 Å². The summed E-state index contributed by atoms with van der Waals surface area (Å²) in [5.74, 6) is -1.08. The van der Waals surface area contributed by atoms with Crippen molar-refractivity contribution in [1.29, 1.82) is 0 Å². The number of carbonyl (C=O) groups is 1. The molecular weight excluding hydrogens is 383 g/mol. The van der Waals surface area contributed by atoms with Gasteiger partial charge in [-0.3, -0.25) is 9.36 Å². The summed E-state index contributed by atoms with van der Waals surface area (Å²) < 4.78 is 33.3. The first-order chi connectivity index (χ1) is 13.3. The Bertz CT molecular complexity index is 844. The van der Waals surface area contributed by atoms with Crippen molar-refractivity contribution in [1.82, 2.24) is 0 Å². The Hall–Kier alpha value is -2.02. The zero-order chi connectivity index (χ0) is 20.8. The zero-order valence-corrected chi connectivity index (χ0v) is 17.3. The third-order valence-corrected chi connectivity index (χ3v) is 5.63. The van der Waals surface area contributed by atoms with E-state index in [1.165, 1.54) is 14.2 Å². The van der Waals surface area contributed by atoms with Crippen LogP contribution in [0.15, 0.2) is 48.5 Å². The number of ether oxygens (including phenoxy) is 3. The van der Waals surface area contributed by atoms with Gasteiger partial charge in [-0.2, -0.15) is 0 Å². The molecule has 1 N–H and O–H groups in total. The van der Waals surface area contributed by atoms with Gasteiger partial charge < -0.3 is 23.6 Å². The van der Waals surface area contributed by atoms with Crippen LogP contribution in [0.5, 0.6) is 5.75 Å². The lowest BCUT2D eigenvalue weighted by atomic mass is 9.94. The molecule has 0 spiro atoms. The molecule has 0 aromatic heterocycles. The van der Waals surface area contributed by atoms with E-state index in [1.54, 1.807) is 62.6 Å². The maximum Gasteiger partial charge on any atom is 0.335 e. The minimum Gasteiger partial charge on any atom is -0.497 e. The van der Waals surface area contributed by atoms with Gasteiger partial charge in [0.25, 0.3) is 0 Å². The molecule has 0 heterocycles. The smallest absolute Gasteiger partial charge is 0.335 e. The van der Waals surface area contributed by atoms with Gasteiger partial charge in [0, 0.05) is 30.9 Å². The van der Waals surface area contributed by atoms with Crippen LogP contribution in [0.2, 0.25) is 0 Å². The molecule has 0 saturated carbocycles. The highest BCUT2D eigenvalue weighted by Gasteiger charge is 2.35. The maximum absolute atomic E-state index is 12.5. The number of Topliss-reactive ketones (excluding diaryl/α,β-unsaturated/α-hetero) is 1. The Kier molecular flexibility index (Phi) is 7.52. The van der Waals surface area contributed by atoms with Crippen molar-refractivity contribution in [3.05, 3.63) is 65.2 Å². The van der Waals surface area contributed by atoms with Gasteiger partial charge in [-0.25, -0.2) is 0 Å². The number of rotatable bonds is 10. The van der Waals surface area contributed by atoms with E-state index < -0.39 is 25.3 Å². The van der Waals surface area contributed by atoms with Crippen molar-refractivity contribution >= 4 is 13.4 Å². The van der Waals surface area contributed by atoms with Gasteiger partial charge >= 0.3 is 7.60 Å². The minimum absolute atomic E-state index is 0.0506. The van der Waals surface area contributed by atoms with Crippen LogP contribution in [0.25, 0.3) is 0 Å². The van der Waals surface area contributed by atoms with Crippen LogP contribution in [0, 0.1) is 0 Å². The van der Waals surface area contributed by atoms with Crippen LogP contribution >= 0.6 is 7.60 Å². The first-order valence-corrected chi connectivity index (χ1v) is 10.4.